The van der Waals surface area contributed by atoms with E-state index in [1.165, 1.54) is 55.6 Å². The molecule has 0 bridgehead atoms. The molecule has 0 fully saturated rings. The van der Waals surface area contributed by atoms with Crippen LogP contribution < -0.4 is 0 Å². The van der Waals surface area contributed by atoms with E-state index >= 15 is 0 Å². The monoisotopic (exact) mass is 522 g/mol. The molecule has 3 heteroatoms. The van der Waals surface area contributed by atoms with Crippen LogP contribution in [0, 0.1) is 55.4 Å². The van der Waals surface area contributed by atoms with Crippen LogP contribution in [-0.4, -0.2) is 14.2 Å². The van der Waals surface area contributed by atoms with Gasteiger partial charge in [0.15, 0.2) is 0 Å². The Hall–Kier alpha value is -0.744. The molecule has 0 aliphatic carbocycles. The van der Waals surface area contributed by atoms with Crippen molar-refractivity contribution in [3.05, 3.63) is 55.6 Å². The van der Waals surface area contributed by atoms with Crippen LogP contribution in [0.15, 0.2) is 0 Å². The first-order chi connectivity index (χ1) is 11.2. The molecule has 0 atom stereocenters. The van der Waals surface area contributed by atoms with Crippen molar-refractivity contribution in [2.24, 2.45) is 0 Å². The SMILES string of the molecule is COCc1c(C)c(C)c(C)[c-]1C.COCc1c(C)c(C)c(C)[c-]1C.[Os+2]. The van der Waals surface area contributed by atoms with Crippen LogP contribution in [0.25, 0.3) is 0 Å². The van der Waals surface area contributed by atoms with Crippen molar-refractivity contribution in [1.29, 1.82) is 0 Å². The molecule has 0 saturated carbocycles. The van der Waals surface area contributed by atoms with Gasteiger partial charge in [0.1, 0.15) is 0 Å². The third kappa shape index (κ3) is 5.13. The van der Waals surface area contributed by atoms with Gasteiger partial charge in [-0.3, -0.25) is 0 Å². The molecule has 2 nitrogen and oxygen atoms in total. The minimum atomic E-state index is 0. The summed E-state index contributed by atoms with van der Waals surface area (Å²) in [6.07, 6.45) is 0. The molecule has 0 saturated heterocycles. The fourth-order valence-electron chi connectivity index (χ4n) is 3.31. The summed E-state index contributed by atoms with van der Waals surface area (Å²) in [4.78, 5) is 0. The van der Waals surface area contributed by atoms with Crippen molar-refractivity contribution >= 4 is 0 Å². The molecule has 2 aromatic rings. The molecule has 2 aromatic carbocycles. The molecule has 0 heterocycles. The Labute approximate surface area is 167 Å². The van der Waals surface area contributed by atoms with E-state index in [2.05, 4.69) is 55.4 Å². The first kappa shape index (κ1) is 24.3. The number of methoxy groups -OCH3 is 2. The molecule has 2 rings (SSSR count). The summed E-state index contributed by atoms with van der Waals surface area (Å²) < 4.78 is 10.3. The van der Waals surface area contributed by atoms with Crippen LogP contribution in [0.4, 0.5) is 0 Å². The quantitative estimate of drug-likeness (QED) is 0.491. The van der Waals surface area contributed by atoms with Crippen molar-refractivity contribution in [3.8, 4) is 0 Å². The summed E-state index contributed by atoms with van der Waals surface area (Å²) in [6.45, 7) is 18.9. The number of hydrogen-bond acceptors (Lipinski definition) is 2. The molecule has 0 aliphatic rings. The Morgan fingerprint density at radius 3 is 1.04 bits per heavy atom. The second kappa shape index (κ2) is 10.4. The maximum absolute atomic E-state index is 5.16. The van der Waals surface area contributed by atoms with Gasteiger partial charge in [-0.1, -0.05) is 55.4 Å². The second-order valence-corrected chi connectivity index (χ2v) is 6.82. The van der Waals surface area contributed by atoms with Gasteiger partial charge < -0.3 is 9.47 Å². The fourth-order valence-corrected chi connectivity index (χ4v) is 3.31. The zero-order chi connectivity index (χ0) is 18.6. The molecule has 0 radical (unpaired) electrons. The molecule has 25 heavy (non-hydrogen) atoms. The average molecular weight is 521 g/mol. The second-order valence-electron chi connectivity index (χ2n) is 6.82. The smallest absolute Gasteiger partial charge is 0.382 e. The van der Waals surface area contributed by atoms with Crippen molar-refractivity contribution in [3.63, 3.8) is 0 Å². The molecule has 0 amide bonds. The summed E-state index contributed by atoms with van der Waals surface area (Å²) >= 11 is 0. The summed E-state index contributed by atoms with van der Waals surface area (Å²) in [5.41, 5.74) is 14.0. The van der Waals surface area contributed by atoms with E-state index in [0.29, 0.717) is 0 Å². The third-order valence-electron chi connectivity index (χ3n) is 5.76. The molecule has 0 N–H and O–H groups in total. The van der Waals surface area contributed by atoms with Crippen LogP contribution in [-0.2, 0) is 42.5 Å². The van der Waals surface area contributed by atoms with Gasteiger partial charge in [0.25, 0.3) is 0 Å². The third-order valence-corrected chi connectivity index (χ3v) is 5.76. The molecule has 0 aromatic heterocycles. The number of hydrogen-bond donors (Lipinski definition) is 0. The van der Waals surface area contributed by atoms with E-state index in [1.54, 1.807) is 14.2 Å². The number of ether oxygens (including phenoxy) is 2. The summed E-state index contributed by atoms with van der Waals surface area (Å²) in [5.74, 6) is 0. The Balaban J connectivity index is 0.000000443. The Kier molecular flexibility index (Phi) is 10.1. The molecule has 0 aliphatic heterocycles. The fraction of sp³-hybridized carbons (Fsp3) is 0.545. The summed E-state index contributed by atoms with van der Waals surface area (Å²) in [5, 5.41) is 0. The minimum absolute atomic E-state index is 0. The van der Waals surface area contributed by atoms with Crippen LogP contribution >= 0.6 is 0 Å². The van der Waals surface area contributed by atoms with Gasteiger partial charge in [-0.15, -0.1) is 11.1 Å². The van der Waals surface area contributed by atoms with Crippen LogP contribution in [0.5, 0.6) is 0 Å². The molecular formula is C22H34O2Os. The van der Waals surface area contributed by atoms with E-state index in [-0.39, 0.29) is 19.8 Å². The van der Waals surface area contributed by atoms with Gasteiger partial charge in [0, 0.05) is 27.4 Å². The van der Waals surface area contributed by atoms with Gasteiger partial charge in [0.05, 0.1) is 0 Å². The standard InChI is InChI=1S/2C11H17O.Os/c2*1-7-8(2)10(4)11(6-12-5)9(7)3;/h2*6H2,1-5H3;/q2*-1;+2. The van der Waals surface area contributed by atoms with Crippen molar-refractivity contribution in [2.75, 3.05) is 14.2 Å². The van der Waals surface area contributed by atoms with E-state index in [0.717, 1.165) is 13.2 Å². The molecule has 0 spiro atoms. The van der Waals surface area contributed by atoms with Crippen molar-refractivity contribution in [2.45, 2.75) is 68.6 Å². The van der Waals surface area contributed by atoms with Gasteiger partial charge in [-0.25, -0.2) is 0 Å². The zero-order valence-electron chi connectivity index (χ0n) is 17.6. The Morgan fingerprint density at radius 2 is 0.880 bits per heavy atom. The average Bonchev–Trinajstić information content (AvgIpc) is 2.86. The predicted molar refractivity (Wildman–Crippen MR) is 103 cm³/mol. The van der Waals surface area contributed by atoms with Crippen LogP contribution in [0.1, 0.15) is 55.6 Å². The van der Waals surface area contributed by atoms with Gasteiger partial charge in [-0.2, -0.15) is 44.5 Å². The van der Waals surface area contributed by atoms with Gasteiger partial charge >= 0.3 is 19.8 Å². The number of rotatable bonds is 4. The maximum atomic E-state index is 5.16. The minimum Gasteiger partial charge on any atom is -0.382 e. The predicted octanol–water partition coefficient (Wildman–Crippen LogP) is 5.57. The molecular weight excluding hydrogens is 486 g/mol. The summed E-state index contributed by atoms with van der Waals surface area (Å²) in [6, 6.07) is 0. The van der Waals surface area contributed by atoms with Gasteiger partial charge in [0.2, 0.25) is 0 Å². The van der Waals surface area contributed by atoms with Gasteiger partial charge in [-0.05, 0) is 0 Å². The topological polar surface area (TPSA) is 18.5 Å². The van der Waals surface area contributed by atoms with E-state index < -0.39 is 0 Å². The van der Waals surface area contributed by atoms with E-state index in [9.17, 15) is 0 Å². The van der Waals surface area contributed by atoms with E-state index in [1.807, 2.05) is 0 Å². The summed E-state index contributed by atoms with van der Waals surface area (Å²) in [7, 11) is 3.49. The van der Waals surface area contributed by atoms with E-state index in [4.69, 9.17) is 9.47 Å². The van der Waals surface area contributed by atoms with Crippen LogP contribution in [0.3, 0.4) is 0 Å². The Morgan fingerprint density at radius 1 is 0.600 bits per heavy atom. The van der Waals surface area contributed by atoms with Crippen molar-refractivity contribution < 1.29 is 29.3 Å². The Bertz CT molecular complexity index is 579. The maximum Gasteiger partial charge on any atom is 2.00 e. The first-order valence-corrected chi connectivity index (χ1v) is 8.60. The zero-order valence-corrected chi connectivity index (χ0v) is 20.1. The normalized spacial score (nSPS) is 10.3. The van der Waals surface area contributed by atoms with Crippen LogP contribution in [0.2, 0.25) is 0 Å². The first-order valence-electron chi connectivity index (χ1n) is 8.60. The molecule has 142 valence electrons. The molecule has 0 unspecified atom stereocenters. The largest absolute Gasteiger partial charge is 2.00 e. The van der Waals surface area contributed by atoms with Crippen molar-refractivity contribution in [1.82, 2.24) is 0 Å².